The number of hydrogen-bond acceptors (Lipinski definition) is 6. The summed E-state index contributed by atoms with van der Waals surface area (Å²) in [7, 11) is -3.75. The lowest BCUT2D eigenvalue weighted by atomic mass is 10.2. The first-order valence-corrected chi connectivity index (χ1v) is 13.7. The number of carbonyl (C=O) groups is 2. The number of amides is 1. The normalized spacial score (nSPS) is 11.2. The van der Waals surface area contributed by atoms with Crippen molar-refractivity contribution >= 4 is 61.3 Å². The van der Waals surface area contributed by atoms with Gasteiger partial charge in [0.15, 0.2) is 0 Å². The third-order valence-corrected chi connectivity index (χ3v) is 7.31. The smallest absolute Gasteiger partial charge is 0.345 e. The fraction of sp³-hybridized carbons (Fsp3) is 0. The van der Waals surface area contributed by atoms with Crippen molar-refractivity contribution in [2.75, 3.05) is 4.72 Å². The zero-order valence-corrected chi connectivity index (χ0v) is 22.6. The largest absolute Gasteiger partial charge is 0.422 e. The van der Waals surface area contributed by atoms with E-state index >= 15 is 0 Å². The van der Waals surface area contributed by atoms with Gasteiger partial charge in [0.1, 0.15) is 5.75 Å². The molecule has 0 saturated carbocycles. The van der Waals surface area contributed by atoms with Crippen molar-refractivity contribution in [3.05, 3.63) is 123 Å². The van der Waals surface area contributed by atoms with Gasteiger partial charge in [0.25, 0.3) is 15.9 Å². The number of ether oxygens (including phenoxy) is 1. The summed E-state index contributed by atoms with van der Waals surface area (Å²) >= 11 is 9.44. The van der Waals surface area contributed by atoms with Gasteiger partial charge in [-0.15, -0.1) is 0 Å². The molecule has 0 spiro atoms. The second-order valence-corrected chi connectivity index (χ2v) is 10.8. The maximum absolute atomic E-state index is 12.6. The molecule has 0 saturated heterocycles. The van der Waals surface area contributed by atoms with Crippen LogP contribution >= 0.6 is 27.5 Å². The van der Waals surface area contributed by atoms with E-state index < -0.39 is 21.9 Å². The zero-order valence-electron chi connectivity index (χ0n) is 19.5. The Morgan fingerprint density at radius 3 is 2.29 bits per heavy atom. The van der Waals surface area contributed by atoms with E-state index in [0.29, 0.717) is 15.7 Å². The second-order valence-electron chi connectivity index (χ2n) is 7.75. The van der Waals surface area contributed by atoms with Gasteiger partial charge >= 0.3 is 5.97 Å². The van der Waals surface area contributed by atoms with Crippen LogP contribution in [0.25, 0.3) is 0 Å². The summed E-state index contributed by atoms with van der Waals surface area (Å²) < 4.78 is 33.6. The first-order valence-electron chi connectivity index (χ1n) is 11.0. The molecule has 11 heteroatoms. The number of carbonyl (C=O) groups excluding carboxylic acids is 2. The third-order valence-electron chi connectivity index (χ3n) is 5.09. The topological polar surface area (TPSA) is 114 Å². The Morgan fingerprint density at radius 1 is 0.895 bits per heavy atom. The lowest BCUT2D eigenvalue weighted by Gasteiger charge is -2.09. The van der Waals surface area contributed by atoms with Crippen molar-refractivity contribution < 1.29 is 22.7 Å². The molecule has 4 aromatic rings. The van der Waals surface area contributed by atoms with E-state index in [2.05, 4.69) is 31.2 Å². The summed E-state index contributed by atoms with van der Waals surface area (Å²) in [5, 5.41) is 4.22. The molecule has 38 heavy (non-hydrogen) atoms. The van der Waals surface area contributed by atoms with Gasteiger partial charge in [0.2, 0.25) is 0 Å². The number of sulfonamides is 1. The molecule has 0 bridgehead atoms. The van der Waals surface area contributed by atoms with E-state index in [4.69, 9.17) is 16.3 Å². The summed E-state index contributed by atoms with van der Waals surface area (Å²) in [5.74, 6) is -0.950. The SMILES string of the molecule is O=C(N/N=C\c1cc(Br)ccc1OC(=O)c1ccccc1Cl)c1ccc(NS(=O)(=O)c2ccccc2)cc1. The second kappa shape index (κ2) is 12.0. The van der Waals surface area contributed by atoms with Gasteiger partial charge in [-0.05, 0) is 66.7 Å². The van der Waals surface area contributed by atoms with Crippen LogP contribution in [0.1, 0.15) is 26.3 Å². The molecular weight excluding hydrogens is 594 g/mol. The third kappa shape index (κ3) is 6.86. The molecule has 8 nitrogen and oxygen atoms in total. The molecule has 192 valence electrons. The molecule has 0 radical (unpaired) electrons. The Bertz CT molecular complexity index is 1610. The van der Waals surface area contributed by atoms with Gasteiger partial charge in [0.05, 0.1) is 21.7 Å². The molecule has 4 rings (SSSR count). The summed E-state index contributed by atoms with van der Waals surface area (Å²) in [5.41, 5.74) is 3.58. The van der Waals surface area contributed by atoms with Crippen LogP contribution in [-0.2, 0) is 10.0 Å². The molecule has 2 N–H and O–H groups in total. The van der Waals surface area contributed by atoms with Crippen molar-refractivity contribution in [1.29, 1.82) is 0 Å². The Morgan fingerprint density at radius 2 is 1.58 bits per heavy atom. The number of rotatable bonds is 8. The van der Waals surface area contributed by atoms with Crippen LogP contribution in [-0.4, -0.2) is 26.5 Å². The zero-order chi connectivity index (χ0) is 27.1. The molecule has 0 unspecified atom stereocenters. The highest BCUT2D eigenvalue weighted by atomic mass is 79.9. The molecule has 4 aromatic carbocycles. The maximum Gasteiger partial charge on any atom is 0.345 e. The summed E-state index contributed by atoms with van der Waals surface area (Å²) in [6.45, 7) is 0. The molecule has 0 aliphatic carbocycles. The van der Waals surface area contributed by atoms with Gasteiger partial charge in [0, 0.05) is 21.3 Å². The van der Waals surface area contributed by atoms with Crippen LogP contribution in [0.15, 0.2) is 112 Å². The molecule has 0 fully saturated rings. The van der Waals surface area contributed by atoms with Crippen molar-refractivity contribution in [2.45, 2.75) is 4.90 Å². The number of hydrazone groups is 1. The minimum Gasteiger partial charge on any atom is -0.422 e. The van der Waals surface area contributed by atoms with E-state index in [-0.39, 0.29) is 26.8 Å². The van der Waals surface area contributed by atoms with Crippen LogP contribution in [0.3, 0.4) is 0 Å². The highest BCUT2D eigenvalue weighted by molar-refractivity contribution is 9.10. The Balaban J connectivity index is 1.42. The summed E-state index contributed by atoms with van der Waals surface area (Å²) in [4.78, 5) is 25.2. The monoisotopic (exact) mass is 611 g/mol. The highest BCUT2D eigenvalue weighted by Gasteiger charge is 2.15. The molecule has 1 amide bonds. The van der Waals surface area contributed by atoms with Crippen LogP contribution in [0.4, 0.5) is 5.69 Å². The van der Waals surface area contributed by atoms with E-state index in [1.54, 1.807) is 60.7 Å². The van der Waals surface area contributed by atoms with Gasteiger partial charge in [-0.3, -0.25) is 9.52 Å². The maximum atomic E-state index is 12.6. The van der Waals surface area contributed by atoms with Crippen LogP contribution in [0.2, 0.25) is 5.02 Å². The number of halogens is 2. The molecule has 0 aliphatic heterocycles. The molecule has 0 atom stereocenters. The first-order chi connectivity index (χ1) is 18.2. The van der Waals surface area contributed by atoms with Gasteiger partial charge in [-0.25, -0.2) is 18.6 Å². The number of benzene rings is 4. The van der Waals surface area contributed by atoms with Crippen LogP contribution < -0.4 is 14.9 Å². The number of nitrogens with one attached hydrogen (secondary N) is 2. The van der Waals surface area contributed by atoms with Crippen LogP contribution in [0.5, 0.6) is 5.75 Å². The molecule has 0 heterocycles. The van der Waals surface area contributed by atoms with Crippen molar-refractivity contribution in [3.63, 3.8) is 0 Å². The number of nitrogens with zero attached hydrogens (tertiary/aromatic N) is 1. The summed E-state index contributed by atoms with van der Waals surface area (Å²) in [6.07, 6.45) is 1.33. The lowest BCUT2D eigenvalue weighted by Crippen LogP contribution is -2.18. The number of anilines is 1. The Labute approximate surface area is 232 Å². The van der Waals surface area contributed by atoms with Crippen molar-refractivity contribution in [3.8, 4) is 5.75 Å². The van der Waals surface area contributed by atoms with E-state index in [1.807, 2.05) is 0 Å². The minimum atomic E-state index is -3.75. The first kappa shape index (κ1) is 27.1. The van der Waals surface area contributed by atoms with Crippen molar-refractivity contribution in [2.24, 2.45) is 5.10 Å². The standard InChI is InChI=1S/C27H19BrClN3O5S/c28-20-12-15-25(37-27(34)23-8-4-5-9-24(23)29)19(16-20)17-30-31-26(33)18-10-13-21(14-11-18)32-38(35,36)22-6-2-1-3-7-22/h1-17,32H,(H,31,33)/b30-17-. The average Bonchev–Trinajstić information content (AvgIpc) is 2.91. The fourth-order valence-corrected chi connectivity index (χ4v) is 4.89. The molecule has 0 aliphatic rings. The average molecular weight is 613 g/mol. The number of hydrogen-bond donors (Lipinski definition) is 2. The van der Waals surface area contributed by atoms with E-state index in [9.17, 15) is 18.0 Å². The fourth-order valence-electron chi connectivity index (χ4n) is 3.22. The van der Waals surface area contributed by atoms with Gasteiger partial charge in [-0.2, -0.15) is 5.10 Å². The van der Waals surface area contributed by atoms with E-state index in [0.717, 1.165) is 0 Å². The lowest BCUT2D eigenvalue weighted by molar-refractivity contribution is 0.0734. The van der Waals surface area contributed by atoms with Crippen LogP contribution in [0, 0.1) is 0 Å². The van der Waals surface area contributed by atoms with Gasteiger partial charge < -0.3 is 4.74 Å². The Hall–Kier alpha value is -3.99. The predicted octanol–water partition coefficient (Wildman–Crippen LogP) is 5.89. The van der Waals surface area contributed by atoms with Crippen molar-refractivity contribution in [1.82, 2.24) is 5.43 Å². The van der Waals surface area contributed by atoms with Gasteiger partial charge in [-0.1, -0.05) is 57.9 Å². The quantitative estimate of drug-likeness (QED) is 0.112. The highest BCUT2D eigenvalue weighted by Crippen LogP contribution is 2.24. The summed E-state index contributed by atoms with van der Waals surface area (Å²) in [6, 6.07) is 25.3. The Kier molecular flexibility index (Phi) is 8.57. The predicted molar refractivity (Wildman–Crippen MR) is 149 cm³/mol. The minimum absolute atomic E-state index is 0.126. The number of esters is 1. The molecule has 0 aromatic heterocycles. The molecular formula is C27H19BrClN3O5S. The van der Waals surface area contributed by atoms with E-state index in [1.165, 1.54) is 42.6 Å².